The van der Waals surface area contributed by atoms with Crippen molar-refractivity contribution < 1.29 is 4.79 Å². The quantitative estimate of drug-likeness (QED) is 0.217. The summed E-state index contributed by atoms with van der Waals surface area (Å²) in [5.74, 6) is 2.37. The monoisotopic (exact) mass is 536 g/mol. The van der Waals surface area contributed by atoms with E-state index in [1.165, 1.54) is 95.2 Å². The molecule has 7 heteroatoms. The summed E-state index contributed by atoms with van der Waals surface area (Å²) in [4.78, 5) is 12.9. The Morgan fingerprint density at radius 1 is 1.00 bits per heavy atom. The zero-order chi connectivity index (χ0) is 26.0. The van der Waals surface area contributed by atoms with Gasteiger partial charge in [-0.05, 0) is 25.2 Å². The van der Waals surface area contributed by atoms with Gasteiger partial charge in [0.15, 0.2) is 16.6 Å². The highest BCUT2D eigenvalue weighted by Gasteiger charge is 2.33. The van der Waals surface area contributed by atoms with Crippen LogP contribution in [0.5, 0.6) is 0 Å². The van der Waals surface area contributed by atoms with Gasteiger partial charge in [-0.25, -0.2) is 4.52 Å². The second kappa shape index (κ2) is 14.8. The van der Waals surface area contributed by atoms with Gasteiger partial charge in [-0.3, -0.25) is 9.89 Å². The van der Waals surface area contributed by atoms with Gasteiger partial charge in [0.25, 0.3) is 0 Å². The third-order valence-electron chi connectivity index (χ3n) is 8.04. The van der Waals surface area contributed by atoms with Crippen LogP contribution in [0.1, 0.15) is 136 Å². The van der Waals surface area contributed by atoms with Crippen LogP contribution in [-0.2, 0) is 16.6 Å². The topological polar surface area (TPSA) is 63.0 Å². The van der Waals surface area contributed by atoms with Crippen molar-refractivity contribution in [3.8, 4) is 0 Å². The van der Waals surface area contributed by atoms with Crippen LogP contribution in [0.3, 0.4) is 0 Å². The SMILES string of the molecule is CCCCCCCCCCCCCc1nnc2c(Cl)c(C(C)(C)CSC(=O)C3CCCC[C@H]3C)[nH]n12. The van der Waals surface area contributed by atoms with Crippen molar-refractivity contribution >= 4 is 34.1 Å². The summed E-state index contributed by atoms with van der Waals surface area (Å²) in [7, 11) is 0. The van der Waals surface area contributed by atoms with E-state index in [-0.39, 0.29) is 11.3 Å². The molecule has 1 fully saturated rings. The lowest BCUT2D eigenvalue weighted by Crippen LogP contribution is -2.27. The molecule has 0 radical (unpaired) electrons. The summed E-state index contributed by atoms with van der Waals surface area (Å²) in [6, 6.07) is 0. The van der Waals surface area contributed by atoms with Gasteiger partial charge in [0.2, 0.25) is 0 Å². The molecular weight excluding hydrogens is 488 g/mol. The van der Waals surface area contributed by atoms with Crippen molar-refractivity contribution in [3.63, 3.8) is 0 Å². The highest BCUT2D eigenvalue weighted by Crippen LogP contribution is 2.38. The molecule has 0 aliphatic heterocycles. The summed E-state index contributed by atoms with van der Waals surface area (Å²) < 4.78 is 1.96. The highest BCUT2D eigenvalue weighted by atomic mass is 35.5. The molecule has 2 heterocycles. The molecular formula is C29H49ClN4OS. The van der Waals surface area contributed by atoms with E-state index in [1.54, 1.807) is 0 Å². The number of aromatic nitrogens is 4. The van der Waals surface area contributed by atoms with Gasteiger partial charge in [-0.15, -0.1) is 10.2 Å². The van der Waals surface area contributed by atoms with Crippen molar-refractivity contribution in [2.24, 2.45) is 11.8 Å². The van der Waals surface area contributed by atoms with Gasteiger partial charge >= 0.3 is 0 Å². The second-order valence-electron chi connectivity index (χ2n) is 11.7. The predicted octanol–water partition coefficient (Wildman–Crippen LogP) is 8.93. The molecule has 2 aromatic heterocycles. The van der Waals surface area contributed by atoms with Gasteiger partial charge in [0, 0.05) is 23.5 Å². The number of fused-ring (bicyclic) bond motifs is 1. The van der Waals surface area contributed by atoms with Gasteiger partial charge in [0.1, 0.15) is 5.02 Å². The Hall–Kier alpha value is -1.01. The first-order chi connectivity index (χ1) is 17.3. The van der Waals surface area contributed by atoms with Crippen molar-refractivity contribution in [3.05, 3.63) is 16.5 Å². The average Bonchev–Trinajstić information content (AvgIpc) is 3.42. The largest absolute Gasteiger partial charge is 0.293 e. The van der Waals surface area contributed by atoms with E-state index in [4.69, 9.17) is 11.6 Å². The molecule has 2 aromatic rings. The van der Waals surface area contributed by atoms with E-state index in [0.29, 0.717) is 27.5 Å². The fraction of sp³-hybridized carbons (Fsp3) is 0.828. The van der Waals surface area contributed by atoms with Gasteiger partial charge in [-0.2, -0.15) is 0 Å². The third-order valence-corrected chi connectivity index (χ3v) is 9.85. The second-order valence-corrected chi connectivity index (χ2v) is 13.1. The predicted molar refractivity (Wildman–Crippen MR) is 154 cm³/mol. The number of nitrogens with zero attached hydrogens (tertiary/aromatic N) is 3. The number of nitrogens with one attached hydrogen (secondary N) is 1. The van der Waals surface area contributed by atoms with Crippen LogP contribution < -0.4 is 0 Å². The zero-order valence-corrected chi connectivity index (χ0v) is 24.8. The third kappa shape index (κ3) is 8.24. The maximum Gasteiger partial charge on any atom is 0.196 e. The van der Waals surface area contributed by atoms with E-state index in [2.05, 4.69) is 43.0 Å². The Morgan fingerprint density at radius 2 is 1.61 bits per heavy atom. The fourth-order valence-electron chi connectivity index (χ4n) is 5.50. The van der Waals surface area contributed by atoms with Crippen LogP contribution in [0, 0.1) is 11.8 Å². The molecule has 1 unspecified atom stereocenters. The van der Waals surface area contributed by atoms with Crippen molar-refractivity contribution in [2.45, 2.75) is 136 Å². The maximum absolute atomic E-state index is 12.9. The Bertz CT molecular complexity index is 937. The minimum absolute atomic E-state index is 0.206. The number of thioether (sulfide) groups is 1. The maximum atomic E-state index is 12.9. The molecule has 1 N–H and O–H groups in total. The molecule has 2 atom stereocenters. The molecule has 0 saturated heterocycles. The van der Waals surface area contributed by atoms with E-state index >= 15 is 0 Å². The number of hydrogen-bond acceptors (Lipinski definition) is 4. The molecule has 0 amide bonds. The van der Waals surface area contributed by atoms with Gasteiger partial charge < -0.3 is 0 Å². The molecule has 1 saturated carbocycles. The summed E-state index contributed by atoms with van der Waals surface area (Å²) in [5.41, 5.74) is 1.39. The van der Waals surface area contributed by atoms with Crippen molar-refractivity contribution in [1.82, 2.24) is 19.8 Å². The molecule has 5 nitrogen and oxygen atoms in total. The Labute approximate surface area is 228 Å². The number of H-pyrrole nitrogens is 1. The molecule has 0 aromatic carbocycles. The molecule has 204 valence electrons. The number of aromatic amines is 1. The van der Waals surface area contributed by atoms with Crippen LogP contribution in [0.4, 0.5) is 0 Å². The van der Waals surface area contributed by atoms with E-state index in [9.17, 15) is 4.79 Å². The van der Waals surface area contributed by atoms with Crippen LogP contribution in [0.2, 0.25) is 5.02 Å². The molecule has 0 bridgehead atoms. The normalized spacial score (nSPS) is 18.8. The lowest BCUT2D eigenvalue weighted by Gasteiger charge is -2.29. The lowest BCUT2D eigenvalue weighted by molar-refractivity contribution is -0.116. The first kappa shape index (κ1) is 29.5. The number of hydrogen-bond donors (Lipinski definition) is 1. The standard InChI is InChI=1S/C29H49ClN4OS/c1-5-6-7-8-9-10-11-12-13-14-15-20-24-31-32-27-25(30)26(33-34(24)27)29(3,4)21-36-28(35)23-19-17-16-18-22(23)2/h22-23,33H,5-21H2,1-4H3/t22-,23?/m1/s1. The minimum atomic E-state index is -0.260. The average molecular weight is 537 g/mol. The molecule has 1 aliphatic carbocycles. The number of halogens is 1. The Kier molecular flexibility index (Phi) is 12.1. The van der Waals surface area contributed by atoms with Crippen LogP contribution >= 0.6 is 23.4 Å². The Balaban J connectivity index is 1.45. The van der Waals surface area contributed by atoms with Gasteiger partial charge in [0.05, 0.1) is 5.69 Å². The van der Waals surface area contributed by atoms with Crippen molar-refractivity contribution in [1.29, 1.82) is 0 Å². The minimum Gasteiger partial charge on any atom is -0.293 e. The van der Waals surface area contributed by atoms with Gasteiger partial charge in [-0.1, -0.05) is 128 Å². The molecule has 3 rings (SSSR count). The summed E-state index contributed by atoms with van der Waals surface area (Å²) in [5, 5.41) is 13.3. The van der Waals surface area contributed by atoms with Crippen LogP contribution in [0.25, 0.3) is 5.65 Å². The van der Waals surface area contributed by atoms with Crippen LogP contribution in [-0.4, -0.2) is 30.7 Å². The fourth-order valence-corrected chi connectivity index (χ4v) is 7.14. The Morgan fingerprint density at radius 3 is 2.25 bits per heavy atom. The van der Waals surface area contributed by atoms with E-state index in [1.807, 2.05) is 4.52 Å². The first-order valence-electron chi connectivity index (χ1n) is 14.6. The molecule has 0 spiro atoms. The number of carbonyl (C=O) groups excluding carboxylic acids is 1. The smallest absolute Gasteiger partial charge is 0.196 e. The number of rotatable bonds is 16. The highest BCUT2D eigenvalue weighted by molar-refractivity contribution is 8.13. The molecule has 36 heavy (non-hydrogen) atoms. The zero-order valence-electron chi connectivity index (χ0n) is 23.2. The number of aryl methyl sites for hydroxylation is 1. The lowest BCUT2D eigenvalue weighted by atomic mass is 9.81. The molecule has 1 aliphatic rings. The first-order valence-corrected chi connectivity index (χ1v) is 16.0. The number of unbranched alkanes of at least 4 members (excludes halogenated alkanes) is 10. The summed E-state index contributed by atoms with van der Waals surface area (Å²) in [6.45, 7) is 8.82. The summed E-state index contributed by atoms with van der Waals surface area (Å²) in [6.07, 6.45) is 20.2. The van der Waals surface area contributed by atoms with E-state index < -0.39 is 0 Å². The van der Waals surface area contributed by atoms with E-state index in [0.717, 1.165) is 30.8 Å². The van der Waals surface area contributed by atoms with Crippen LogP contribution in [0.15, 0.2) is 0 Å². The van der Waals surface area contributed by atoms with Crippen molar-refractivity contribution in [2.75, 3.05) is 5.75 Å². The number of carbonyl (C=O) groups is 1. The summed E-state index contributed by atoms with van der Waals surface area (Å²) >= 11 is 8.25.